The number of amides is 1. The van der Waals surface area contributed by atoms with Crippen LogP contribution in [-0.4, -0.2) is 38.3 Å². The van der Waals surface area contributed by atoms with E-state index in [9.17, 15) is 18.0 Å². The van der Waals surface area contributed by atoms with Gasteiger partial charge in [0.25, 0.3) is 5.91 Å². The first-order valence-electron chi connectivity index (χ1n) is 7.80. The van der Waals surface area contributed by atoms with Crippen molar-refractivity contribution in [2.45, 2.75) is 19.0 Å². The Morgan fingerprint density at radius 3 is 2.87 bits per heavy atom. The van der Waals surface area contributed by atoms with Gasteiger partial charge in [-0.1, -0.05) is 6.07 Å². The Labute approximate surface area is 131 Å². The van der Waals surface area contributed by atoms with Crippen LogP contribution in [0.1, 0.15) is 22.3 Å². The summed E-state index contributed by atoms with van der Waals surface area (Å²) in [5, 5.41) is 8.77. The summed E-state index contributed by atoms with van der Waals surface area (Å²) in [5.41, 5.74) is -0.0858. The number of piperidine rings is 1. The maximum Gasteiger partial charge on any atom is 0.396 e. The van der Waals surface area contributed by atoms with Crippen molar-refractivity contribution < 1.29 is 18.0 Å². The fourth-order valence-electron chi connectivity index (χ4n) is 4.23. The molecule has 7 heteroatoms. The van der Waals surface area contributed by atoms with Crippen LogP contribution in [0.5, 0.6) is 0 Å². The Balaban J connectivity index is 1.49. The van der Waals surface area contributed by atoms with Gasteiger partial charge in [0.1, 0.15) is 0 Å². The van der Waals surface area contributed by atoms with Gasteiger partial charge in [0.05, 0.1) is 5.41 Å². The minimum Gasteiger partial charge on any atom is -0.384 e. The molecule has 1 aromatic rings. The summed E-state index contributed by atoms with van der Waals surface area (Å²) in [6.07, 6.45) is -3.36. The minimum atomic E-state index is -4.22. The van der Waals surface area contributed by atoms with E-state index in [1.165, 1.54) is 0 Å². The zero-order valence-corrected chi connectivity index (χ0v) is 12.5. The average Bonchev–Trinajstić information content (AvgIpc) is 2.87. The first-order chi connectivity index (χ1) is 10.9. The molecule has 2 aliphatic heterocycles. The first kappa shape index (κ1) is 14.8. The van der Waals surface area contributed by atoms with Crippen molar-refractivity contribution in [1.82, 2.24) is 10.6 Å². The topological polar surface area (TPSA) is 53.2 Å². The van der Waals surface area contributed by atoms with Gasteiger partial charge in [-0.05, 0) is 30.5 Å². The summed E-state index contributed by atoms with van der Waals surface area (Å²) in [4.78, 5) is 12.4. The molecule has 2 fully saturated rings. The van der Waals surface area contributed by atoms with Gasteiger partial charge in [-0.3, -0.25) is 4.79 Å². The molecule has 0 bridgehead atoms. The highest BCUT2D eigenvalue weighted by Crippen LogP contribution is 2.72. The van der Waals surface area contributed by atoms with E-state index in [1.54, 1.807) is 12.1 Å². The Kier molecular flexibility index (Phi) is 2.98. The lowest BCUT2D eigenvalue weighted by Crippen LogP contribution is -2.37. The van der Waals surface area contributed by atoms with E-state index in [0.29, 0.717) is 12.1 Å². The number of halogens is 3. The maximum absolute atomic E-state index is 13.3. The molecule has 23 heavy (non-hydrogen) atoms. The normalized spacial score (nSPS) is 31.3. The van der Waals surface area contributed by atoms with E-state index >= 15 is 0 Å². The summed E-state index contributed by atoms with van der Waals surface area (Å²) in [6.45, 7) is 1.11. The average molecular weight is 325 g/mol. The molecular weight excluding hydrogens is 307 g/mol. The molecule has 0 unspecified atom stereocenters. The summed E-state index contributed by atoms with van der Waals surface area (Å²) < 4.78 is 39.9. The first-order valence-corrected chi connectivity index (χ1v) is 7.80. The lowest BCUT2D eigenvalue weighted by molar-refractivity contribution is -0.190. The van der Waals surface area contributed by atoms with Crippen LogP contribution in [0, 0.1) is 10.8 Å². The number of nitrogens with one attached hydrogen (secondary N) is 3. The summed E-state index contributed by atoms with van der Waals surface area (Å²) >= 11 is 0. The number of alkyl halides is 3. The van der Waals surface area contributed by atoms with Crippen LogP contribution in [0.15, 0.2) is 18.2 Å². The largest absolute Gasteiger partial charge is 0.396 e. The third kappa shape index (κ3) is 1.99. The molecule has 2 atom stereocenters. The van der Waals surface area contributed by atoms with E-state index < -0.39 is 17.0 Å². The Morgan fingerprint density at radius 2 is 2.13 bits per heavy atom. The van der Waals surface area contributed by atoms with Crippen LogP contribution in [0.25, 0.3) is 0 Å². The third-order valence-electron chi connectivity index (χ3n) is 5.66. The van der Waals surface area contributed by atoms with Gasteiger partial charge in [-0.2, -0.15) is 13.2 Å². The number of hydrogen-bond donors (Lipinski definition) is 3. The van der Waals surface area contributed by atoms with Crippen LogP contribution in [-0.2, 0) is 6.42 Å². The van der Waals surface area contributed by atoms with Crippen molar-refractivity contribution in [2.24, 2.45) is 10.8 Å². The number of carbonyl (C=O) groups excluding carboxylic acids is 1. The SMILES string of the molecule is O=C(NC[C@]12CNC[C@@]1(C(F)(F)F)C2)c1cccc2c1CCN2. The summed E-state index contributed by atoms with van der Waals surface area (Å²) in [5.74, 6) is -0.283. The quantitative estimate of drug-likeness (QED) is 0.796. The number of hydrogen-bond acceptors (Lipinski definition) is 3. The molecule has 0 spiro atoms. The van der Waals surface area contributed by atoms with Gasteiger partial charge in [0.15, 0.2) is 0 Å². The molecule has 1 saturated carbocycles. The zero-order valence-electron chi connectivity index (χ0n) is 12.5. The van der Waals surface area contributed by atoms with Crippen molar-refractivity contribution in [3.8, 4) is 0 Å². The van der Waals surface area contributed by atoms with E-state index in [4.69, 9.17) is 0 Å². The highest BCUT2D eigenvalue weighted by molar-refractivity contribution is 5.97. The van der Waals surface area contributed by atoms with E-state index in [2.05, 4.69) is 16.0 Å². The molecule has 2 heterocycles. The van der Waals surface area contributed by atoms with Crippen molar-refractivity contribution in [2.75, 3.05) is 31.5 Å². The second kappa shape index (κ2) is 4.63. The van der Waals surface area contributed by atoms with E-state index in [1.807, 2.05) is 6.07 Å². The Bertz CT molecular complexity index is 675. The van der Waals surface area contributed by atoms with Crippen LogP contribution < -0.4 is 16.0 Å². The predicted octanol–water partition coefficient (Wildman–Crippen LogP) is 1.93. The molecule has 1 aliphatic carbocycles. The van der Waals surface area contributed by atoms with Crippen LogP contribution in [0.3, 0.4) is 0 Å². The van der Waals surface area contributed by atoms with Gasteiger partial charge >= 0.3 is 6.18 Å². The molecule has 1 aromatic carbocycles. The van der Waals surface area contributed by atoms with E-state index in [0.717, 1.165) is 24.2 Å². The minimum absolute atomic E-state index is 0.0446. The van der Waals surface area contributed by atoms with Gasteiger partial charge < -0.3 is 16.0 Å². The number of carbonyl (C=O) groups is 1. The van der Waals surface area contributed by atoms with Gasteiger partial charge in [-0.15, -0.1) is 0 Å². The van der Waals surface area contributed by atoms with Crippen molar-refractivity contribution >= 4 is 11.6 Å². The molecule has 4 nitrogen and oxygen atoms in total. The smallest absolute Gasteiger partial charge is 0.384 e. The molecule has 0 radical (unpaired) electrons. The highest BCUT2D eigenvalue weighted by Gasteiger charge is 2.81. The second-order valence-corrected chi connectivity index (χ2v) is 6.83. The summed E-state index contributed by atoms with van der Waals surface area (Å²) in [7, 11) is 0. The molecule has 1 amide bonds. The second-order valence-electron chi connectivity index (χ2n) is 6.83. The molecule has 124 valence electrons. The molecule has 3 aliphatic rings. The molecule has 3 N–H and O–H groups in total. The van der Waals surface area contributed by atoms with Gasteiger partial charge in [0.2, 0.25) is 0 Å². The monoisotopic (exact) mass is 325 g/mol. The van der Waals surface area contributed by atoms with Gasteiger partial charge in [0, 0.05) is 42.8 Å². The fraction of sp³-hybridized carbons (Fsp3) is 0.562. The standard InChI is InChI=1S/C16H18F3N3O/c17-16(18,19)15-6-14(15,7-20-9-15)8-22-13(23)11-2-1-3-12-10(11)4-5-21-12/h1-3,20-21H,4-9H2,(H,22,23)/t14-,15-/m0/s1. The Morgan fingerprint density at radius 1 is 1.30 bits per heavy atom. The van der Waals surface area contributed by atoms with Gasteiger partial charge in [-0.25, -0.2) is 0 Å². The lowest BCUT2D eigenvalue weighted by Gasteiger charge is -2.21. The molecule has 1 saturated heterocycles. The van der Waals surface area contributed by atoms with E-state index in [-0.39, 0.29) is 25.4 Å². The predicted molar refractivity (Wildman–Crippen MR) is 79.4 cm³/mol. The summed E-state index contributed by atoms with van der Waals surface area (Å²) in [6, 6.07) is 5.43. The van der Waals surface area contributed by atoms with Crippen molar-refractivity contribution in [3.05, 3.63) is 29.3 Å². The molecule has 4 rings (SSSR count). The Hall–Kier alpha value is -1.76. The molecular formula is C16H18F3N3O. The van der Waals surface area contributed by atoms with Crippen molar-refractivity contribution in [1.29, 1.82) is 0 Å². The maximum atomic E-state index is 13.3. The van der Waals surface area contributed by atoms with Crippen LogP contribution in [0.4, 0.5) is 18.9 Å². The number of rotatable bonds is 3. The number of fused-ring (bicyclic) bond motifs is 2. The zero-order chi connectivity index (χ0) is 16.3. The van der Waals surface area contributed by atoms with Crippen LogP contribution >= 0.6 is 0 Å². The third-order valence-corrected chi connectivity index (χ3v) is 5.66. The lowest BCUT2D eigenvalue weighted by atomic mass is 9.95. The number of anilines is 1. The molecule has 0 aromatic heterocycles. The van der Waals surface area contributed by atoms with Crippen LogP contribution in [0.2, 0.25) is 0 Å². The number of benzene rings is 1. The van der Waals surface area contributed by atoms with Crippen molar-refractivity contribution in [3.63, 3.8) is 0 Å². The highest BCUT2D eigenvalue weighted by atomic mass is 19.4. The fourth-order valence-corrected chi connectivity index (χ4v) is 4.23.